The molecule has 5 aromatic rings. The van der Waals surface area contributed by atoms with Crippen LogP contribution in [-0.4, -0.2) is 7.85 Å². The molecule has 1 nitrogen and oxygen atoms in total. The Hall–Kier alpha value is -3.56. The van der Waals surface area contributed by atoms with Gasteiger partial charge < -0.3 is 4.90 Å². The van der Waals surface area contributed by atoms with Gasteiger partial charge in [0, 0.05) is 43.2 Å². The van der Waals surface area contributed by atoms with Gasteiger partial charge in [0.15, 0.2) is 0 Å². The van der Waals surface area contributed by atoms with Gasteiger partial charge in [0.2, 0.25) is 0 Å². The molecule has 1 unspecified atom stereocenters. The average Bonchev–Trinajstić information content (AvgIpc) is 3.25. The molecule has 0 fully saturated rings. The minimum atomic E-state index is 0.312. The van der Waals surface area contributed by atoms with Crippen LogP contribution in [0.5, 0.6) is 0 Å². The lowest BCUT2D eigenvalue weighted by Gasteiger charge is -2.34. The van der Waals surface area contributed by atoms with E-state index in [0.29, 0.717) is 5.92 Å². The minimum Gasteiger partial charge on any atom is -0.314 e. The lowest BCUT2D eigenvalue weighted by molar-refractivity contribution is 0.778. The first-order valence-electron chi connectivity index (χ1n) is 11.9. The van der Waals surface area contributed by atoms with Crippen molar-refractivity contribution in [2.24, 2.45) is 0 Å². The van der Waals surface area contributed by atoms with Crippen LogP contribution in [0, 0.1) is 6.92 Å². The molecule has 34 heavy (non-hydrogen) atoms. The Bertz CT molecular complexity index is 1560. The molecule has 1 aliphatic rings. The normalized spacial score (nSPS) is 15.6. The second-order valence-electron chi connectivity index (χ2n) is 9.07. The summed E-state index contributed by atoms with van der Waals surface area (Å²) in [6, 6.07) is 33.2. The number of fused-ring (bicyclic) bond motifs is 3. The van der Waals surface area contributed by atoms with E-state index in [2.05, 4.69) is 129 Å². The molecular weight excluding hydrogens is 429 g/mol. The summed E-state index contributed by atoms with van der Waals surface area (Å²) in [5, 5.41) is 2.70. The van der Waals surface area contributed by atoms with Gasteiger partial charge >= 0.3 is 0 Å². The zero-order valence-corrected chi connectivity index (χ0v) is 20.3. The molecule has 0 saturated heterocycles. The van der Waals surface area contributed by atoms with Gasteiger partial charge in [-0.3, -0.25) is 0 Å². The second-order valence-corrected chi connectivity index (χ2v) is 10.1. The molecule has 4 aromatic carbocycles. The fourth-order valence-electron chi connectivity index (χ4n) is 5.20. The van der Waals surface area contributed by atoms with E-state index in [9.17, 15) is 0 Å². The topological polar surface area (TPSA) is 3.24 Å². The first-order valence-corrected chi connectivity index (χ1v) is 12.7. The van der Waals surface area contributed by atoms with Gasteiger partial charge in [-0.1, -0.05) is 84.3 Å². The molecule has 3 heteroatoms. The Balaban J connectivity index is 1.54. The van der Waals surface area contributed by atoms with Crippen LogP contribution < -0.4 is 10.4 Å². The molecule has 0 amide bonds. The fourth-order valence-corrected chi connectivity index (χ4v) is 6.41. The Kier molecular flexibility index (Phi) is 5.35. The number of para-hydroxylation sites is 1. The Morgan fingerprint density at radius 1 is 0.824 bits per heavy atom. The van der Waals surface area contributed by atoms with E-state index >= 15 is 0 Å². The highest BCUT2D eigenvalue weighted by molar-refractivity contribution is 7.26. The van der Waals surface area contributed by atoms with E-state index in [4.69, 9.17) is 0 Å². The zero-order chi connectivity index (χ0) is 23.1. The molecule has 1 aromatic heterocycles. The number of aryl methyl sites for hydroxylation is 1. The molecule has 1 atom stereocenters. The van der Waals surface area contributed by atoms with Gasteiger partial charge in [-0.05, 0) is 54.8 Å². The maximum atomic E-state index is 2.46. The van der Waals surface area contributed by atoms with E-state index in [1.165, 1.54) is 53.8 Å². The van der Waals surface area contributed by atoms with Crippen molar-refractivity contribution in [2.75, 3.05) is 4.90 Å². The van der Waals surface area contributed by atoms with Crippen molar-refractivity contribution in [3.8, 4) is 0 Å². The van der Waals surface area contributed by atoms with Crippen molar-refractivity contribution < 1.29 is 0 Å². The van der Waals surface area contributed by atoms with Crippen molar-refractivity contribution in [2.45, 2.75) is 19.3 Å². The smallest absolute Gasteiger partial charge is 0.139 e. The number of hydrogen-bond acceptors (Lipinski definition) is 2. The Morgan fingerprint density at radius 3 is 2.50 bits per heavy atom. The van der Waals surface area contributed by atoms with Crippen molar-refractivity contribution in [3.63, 3.8) is 0 Å². The number of benzene rings is 4. The SMILES string of the molecule is Bc1ccccc1C1CC=CC=C1N(c1ccccc1)c1ccc2c(c1)sc1c(C)cccc12. The van der Waals surface area contributed by atoms with Crippen LogP contribution in [0.4, 0.5) is 11.4 Å². The van der Waals surface area contributed by atoms with Crippen molar-refractivity contribution in [3.05, 3.63) is 126 Å². The molecule has 0 N–H and O–H groups in total. The van der Waals surface area contributed by atoms with Gasteiger partial charge in [0.25, 0.3) is 0 Å². The lowest BCUT2D eigenvalue weighted by atomic mass is 9.79. The lowest BCUT2D eigenvalue weighted by Crippen LogP contribution is -2.26. The number of anilines is 2. The third-order valence-corrected chi connectivity index (χ3v) is 8.21. The quantitative estimate of drug-likeness (QED) is 0.256. The van der Waals surface area contributed by atoms with Gasteiger partial charge in [-0.2, -0.15) is 0 Å². The molecule has 0 saturated carbocycles. The summed E-state index contributed by atoms with van der Waals surface area (Å²) in [4.78, 5) is 2.46. The number of thiophene rings is 1. The molecule has 0 bridgehead atoms. The Labute approximate surface area is 206 Å². The number of rotatable bonds is 4. The largest absolute Gasteiger partial charge is 0.314 e. The first kappa shape index (κ1) is 21.0. The first-order chi connectivity index (χ1) is 16.7. The number of nitrogens with zero attached hydrogens (tertiary/aromatic N) is 1. The fraction of sp³-hybridized carbons (Fsp3) is 0.0968. The van der Waals surface area contributed by atoms with E-state index in [1.54, 1.807) is 0 Å². The third-order valence-electron chi connectivity index (χ3n) is 6.91. The van der Waals surface area contributed by atoms with Gasteiger partial charge in [0.05, 0.1) is 0 Å². The van der Waals surface area contributed by atoms with Crippen molar-refractivity contribution in [1.29, 1.82) is 0 Å². The highest BCUT2D eigenvalue weighted by Crippen LogP contribution is 2.43. The van der Waals surface area contributed by atoms with E-state index in [1.807, 2.05) is 11.3 Å². The van der Waals surface area contributed by atoms with Gasteiger partial charge in [0.1, 0.15) is 7.85 Å². The minimum absolute atomic E-state index is 0.312. The number of allylic oxidation sites excluding steroid dienone is 4. The standard InChI is InChI=1S/C31H26BNS/c1-21-10-9-15-27-26-19-18-23(20-30(26)34-31(21)27)33(22-11-3-2-4-12-22)29-17-8-6-14-25(29)24-13-5-7-16-28(24)32/h2-13,15-20,25H,14,32H2,1H3. The van der Waals surface area contributed by atoms with Crippen LogP contribution in [0.2, 0.25) is 0 Å². The molecule has 1 heterocycles. The highest BCUT2D eigenvalue weighted by Gasteiger charge is 2.26. The van der Waals surface area contributed by atoms with Crippen LogP contribution in [-0.2, 0) is 0 Å². The summed E-state index contributed by atoms with van der Waals surface area (Å²) in [6.45, 7) is 2.21. The molecule has 1 aliphatic carbocycles. The molecule has 0 radical (unpaired) electrons. The highest BCUT2D eigenvalue weighted by atomic mass is 32.1. The van der Waals surface area contributed by atoms with E-state index < -0.39 is 0 Å². The van der Waals surface area contributed by atoms with Crippen LogP contribution >= 0.6 is 11.3 Å². The monoisotopic (exact) mass is 455 g/mol. The van der Waals surface area contributed by atoms with E-state index in [0.717, 1.165) is 6.42 Å². The van der Waals surface area contributed by atoms with Crippen molar-refractivity contribution >= 4 is 56.2 Å². The Morgan fingerprint density at radius 2 is 1.65 bits per heavy atom. The summed E-state index contributed by atoms with van der Waals surface area (Å²) in [6.07, 6.45) is 7.81. The third kappa shape index (κ3) is 3.57. The maximum absolute atomic E-state index is 2.46. The average molecular weight is 455 g/mol. The van der Waals surface area contributed by atoms with Crippen LogP contribution in [0.15, 0.2) is 115 Å². The van der Waals surface area contributed by atoms with Crippen molar-refractivity contribution in [1.82, 2.24) is 0 Å². The summed E-state index contributed by atoms with van der Waals surface area (Å²) >= 11 is 1.90. The van der Waals surface area contributed by atoms with Gasteiger partial charge in [-0.15, -0.1) is 11.3 Å². The van der Waals surface area contributed by atoms with Gasteiger partial charge in [-0.25, -0.2) is 0 Å². The predicted molar refractivity (Wildman–Crippen MR) is 152 cm³/mol. The summed E-state index contributed by atoms with van der Waals surface area (Å²) in [5.41, 5.74) is 7.82. The zero-order valence-electron chi connectivity index (χ0n) is 19.5. The maximum Gasteiger partial charge on any atom is 0.139 e. The number of hydrogen-bond donors (Lipinski definition) is 0. The van der Waals surface area contributed by atoms with E-state index in [-0.39, 0.29) is 0 Å². The summed E-state index contributed by atoms with van der Waals surface area (Å²) < 4.78 is 2.72. The van der Waals surface area contributed by atoms with Crippen LogP contribution in [0.1, 0.15) is 23.5 Å². The summed E-state index contributed by atoms with van der Waals surface area (Å²) in [7, 11) is 2.23. The molecular formula is C31H26BNS. The molecule has 0 aliphatic heterocycles. The molecule has 0 spiro atoms. The molecule has 6 rings (SSSR count). The second kappa shape index (κ2) is 8.66. The van der Waals surface area contributed by atoms with Crippen LogP contribution in [0.25, 0.3) is 20.2 Å². The molecule has 164 valence electrons. The predicted octanol–water partition coefficient (Wildman–Crippen LogP) is 7.39. The summed E-state index contributed by atoms with van der Waals surface area (Å²) in [5.74, 6) is 0.312. The van der Waals surface area contributed by atoms with Crippen LogP contribution in [0.3, 0.4) is 0 Å².